The van der Waals surface area contributed by atoms with E-state index in [1.54, 1.807) is 11.4 Å². The van der Waals surface area contributed by atoms with Crippen LogP contribution < -0.4 is 14.9 Å². The monoisotopic (exact) mass is 526 g/mol. The molecule has 4 rings (SSSR count). The average molecular weight is 527 g/mol. The highest BCUT2D eigenvalue weighted by molar-refractivity contribution is 7.93. The molecule has 2 heterocycles. The highest BCUT2D eigenvalue weighted by Gasteiger charge is 2.35. The quantitative estimate of drug-likeness (QED) is 0.484. The minimum Gasteiger partial charge on any atom is -0.436 e. The standard InChI is InChI=1S/C20H16Cl2N4O5S2/c21-12-1-6-16(15(22)11-12)24-20(28)31-17-7-9-26(18(17)27)13-2-4-14(5-3-13)33(29,30)25-19-23-8-10-32-19/h1-6,8,10-11,17H,7,9H2,(H,23,25)(H,24,28)/t17-/m0/s1. The molecule has 0 aliphatic carbocycles. The van der Waals surface area contributed by atoms with Crippen molar-refractivity contribution in [3.05, 3.63) is 64.1 Å². The summed E-state index contributed by atoms with van der Waals surface area (Å²) in [5.74, 6) is -0.413. The minimum absolute atomic E-state index is 0.0279. The Hall–Kier alpha value is -2.86. The molecule has 1 aliphatic heterocycles. The van der Waals surface area contributed by atoms with Crippen LogP contribution in [0.25, 0.3) is 0 Å². The van der Waals surface area contributed by atoms with E-state index in [2.05, 4.69) is 15.0 Å². The number of benzene rings is 2. The van der Waals surface area contributed by atoms with Crippen molar-refractivity contribution in [3.8, 4) is 0 Å². The van der Waals surface area contributed by atoms with Crippen molar-refractivity contribution < 1.29 is 22.7 Å². The zero-order valence-corrected chi connectivity index (χ0v) is 19.8. The molecule has 1 fully saturated rings. The van der Waals surface area contributed by atoms with E-state index >= 15 is 0 Å². The Balaban J connectivity index is 1.38. The highest BCUT2D eigenvalue weighted by Crippen LogP contribution is 2.28. The number of hydrogen-bond donors (Lipinski definition) is 2. The zero-order chi connectivity index (χ0) is 23.6. The van der Waals surface area contributed by atoms with E-state index in [4.69, 9.17) is 27.9 Å². The second kappa shape index (κ2) is 9.56. The number of aromatic nitrogens is 1. The van der Waals surface area contributed by atoms with Crippen LogP contribution in [0, 0.1) is 0 Å². The lowest BCUT2D eigenvalue weighted by molar-refractivity contribution is -0.124. The van der Waals surface area contributed by atoms with E-state index in [0.29, 0.717) is 22.9 Å². The number of ether oxygens (including phenoxy) is 1. The fourth-order valence-electron chi connectivity index (χ4n) is 3.13. The van der Waals surface area contributed by atoms with Gasteiger partial charge in [0.2, 0.25) is 0 Å². The van der Waals surface area contributed by atoms with Gasteiger partial charge < -0.3 is 9.64 Å². The fourth-order valence-corrected chi connectivity index (χ4v) is 5.38. The number of thiazole rings is 1. The van der Waals surface area contributed by atoms with E-state index in [1.165, 1.54) is 47.5 Å². The lowest BCUT2D eigenvalue weighted by atomic mass is 10.3. The summed E-state index contributed by atoms with van der Waals surface area (Å²) in [6.45, 7) is 0.307. The first kappa shape index (κ1) is 23.3. The second-order valence-corrected chi connectivity index (χ2v) is 10.3. The molecule has 0 radical (unpaired) electrons. The van der Waals surface area contributed by atoms with Gasteiger partial charge in [-0.3, -0.25) is 14.8 Å². The molecule has 1 atom stereocenters. The molecule has 0 spiro atoms. The molecule has 172 valence electrons. The van der Waals surface area contributed by atoms with E-state index in [-0.39, 0.29) is 21.5 Å². The summed E-state index contributed by atoms with van der Waals surface area (Å²) in [6, 6.07) is 10.4. The lowest BCUT2D eigenvalue weighted by Gasteiger charge is -2.17. The molecule has 0 bridgehead atoms. The number of nitrogens with one attached hydrogen (secondary N) is 2. The summed E-state index contributed by atoms with van der Waals surface area (Å²) in [5, 5.41) is 5.04. The number of sulfonamides is 1. The Bertz CT molecular complexity index is 1280. The maximum Gasteiger partial charge on any atom is 0.412 e. The number of rotatable bonds is 6. The summed E-state index contributed by atoms with van der Waals surface area (Å²) in [5.41, 5.74) is 0.789. The van der Waals surface area contributed by atoms with Crippen molar-refractivity contribution in [1.29, 1.82) is 0 Å². The number of carbonyl (C=O) groups is 2. The van der Waals surface area contributed by atoms with Crippen LogP contribution in [-0.4, -0.2) is 38.1 Å². The molecule has 2 aromatic carbocycles. The van der Waals surface area contributed by atoms with Gasteiger partial charge in [-0.15, -0.1) is 11.3 Å². The van der Waals surface area contributed by atoms with Gasteiger partial charge in [-0.25, -0.2) is 18.2 Å². The number of anilines is 3. The summed E-state index contributed by atoms with van der Waals surface area (Å²) >= 11 is 13.0. The van der Waals surface area contributed by atoms with Crippen molar-refractivity contribution >= 4 is 73.1 Å². The van der Waals surface area contributed by atoms with Crippen molar-refractivity contribution in [2.45, 2.75) is 17.4 Å². The van der Waals surface area contributed by atoms with Crippen molar-refractivity contribution in [2.75, 3.05) is 21.5 Å². The average Bonchev–Trinajstić information content (AvgIpc) is 3.40. The molecule has 1 aromatic heterocycles. The van der Waals surface area contributed by atoms with Gasteiger partial charge in [0.15, 0.2) is 11.2 Å². The maximum atomic E-state index is 12.7. The molecular formula is C20H16Cl2N4O5S2. The van der Waals surface area contributed by atoms with E-state index < -0.39 is 28.1 Å². The molecule has 3 aromatic rings. The van der Waals surface area contributed by atoms with Crippen LogP contribution in [0.1, 0.15) is 6.42 Å². The first-order valence-corrected chi connectivity index (χ1v) is 12.6. The van der Waals surface area contributed by atoms with Crippen LogP contribution in [0.4, 0.5) is 21.3 Å². The Morgan fingerprint density at radius 1 is 1.18 bits per heavy atom. The van der Waals surface area contributed by atoms with Gasteiger partial charge in [0.05, 0.1) is 15.6 Å². The van der Waals surface area contributed by atoms with Crippen molar-refractivity contribution in [2.24, 2.45) is 0 Å². The van der Waals surface area contributed by atoms with E-state index in [9.17, 15) is 18.0 Å². The molecule has 0 unspecified atom stereocenters. The zero-order valence-electron chi connectivity index (χ0n) is 16.7. The predicted molar refractivity (Wildman–Crippen MR) is 127 cm³/mol. The van der Waals surface area contributed by atoms with Crippen molar-refractivity contribution in [3.63, 3.8) is 0 Å². The van der Waals surface area contributed by atoms with Gasteiger partial charge in [-0.05, 0) is 42.5 Å². The number of halogens is 2. The number of hydrogen-bond acceptors (Lipinski definition) is 7. The van der Waals surface area contributed by atoms with Crippen molar-refractivity contribution in [1.82, 2.24) is 4.98 Å². The molecule has 1 saturated heterocycles. The van der Waals surface area contributed by atoms with Gasteiger partial charge in [0, 0.05) is 35.3 Å². The molecule has 0 saturated carbocycles. The van der Waals surface area contributed by atoms with Gasteiger partial charge in [0.1, 0.15) is 0 Å². The van der Waals surface area contributed by atoms with E-state index in [1.807, 2.05) is 0 Å². The summed E-state index contributed by atoms with van der Waals surface area (Å²) in [7, 11) is -3.80. The first-order valence-electron chi connectivity index (χ1n) is 9.49. The summed E-state index contributed by atoms with van der Waals surface area (Å²) in [6.07, 6.45) is -0.0279. The van der Waals surface area contributed by atoms with Crippen LogP contribution >= 0.6 is 34.5 Å². The Kier molecular flexibility index (Phi) is 6.75. The largest absolute Gasteiger partial charge is 0.436 e. The smallest absolute Gasteiger partial charge is 0.412 e. The molecule has 1 aliphatic rings. The van der Waals surface area contributed by atoms with Gasteiger partial charge in [-0.2, -0.15) is 0 Å². The lowest BCUT2D eigenvalue weighted by Crippen LogP contribution is -2.33. The SMILES string of the molecule is O=C(Nc1ccc(Cl)cc1Cl)O[C@H]1CCN(c2ccc(S(=O)(=O)Nc3nccs3)cc2)C1=O. The summed E-state index contributed by atoms with van der Waals surface area (Å²) < 4.78 is 32.6. The highest BCUT2D eigenvalue weighted by atomic mass is 35.5. The third-order valence-electron chi connectivity index (χ3n) is 4.69. The second-order valence-electron chi connectivity index (χ2n) is 6.86. The third kappa shape index (κ3) is 5.38. The molecule has 9 nitrogen and oxygen atoms in total. The minimum atomic E-state index is -3.80. The molecule has 33 heavy (non-hydrogen) atoms. The Morgan fingerprint density at radius 2 is 1.94 bits per heavy atom. The predicted octanol–water partition coefficient (Wildman–Crippen LogP) is 4.60. The fraction of sp³-hybridized carbons (Fsp3) is 0.150. The van der Waals surface area contributed by atoms with Gasteiger partial charge in [-0.1, -0.05) is 23.2 Å². The van der Waals surface area contributed by atoms with E-state index in [0.717, 1.165) is 11.3 Å². The number of carbonyl (C=O) groups excluding carboxylic acids is 2. The van der Waals surface area contributed by atoms with Crippen LogP contribution in [-0.2, 0) is 19.6 Å². The van der Waals surface area contributed by atoms with Crippen LogP contribution in [0.2, 0.25) is 10.0 Å². The Morgan fingerprint density at radius 3 is 2.61 bits per heavy atom. The molecule has 13 heteroatoms. The summed E-state index contributed by atoms with van der Waals surface area (Å²) in [4.78, 5) is 30.3. The van der Waals surface area contributed by atoms with Crippen LogP contribution in [0.5, 0.6) is 0 Å². The Labute approximate surface area is 203 Å². The first-order chi connectivity index (χ1) is 15.7. The number of nitrogens with zero attached hydrogens (tertiary/aromatic N) is 2. The van der Waals surface area contributed by atoms with Gasteiger partial charge >= 0.3 is 6.09 Å². The third-order valence-corrected chi connectivity index (χ3v) is 7.41. The number of amides is 2. The molecule has 2 amide bonds. The topological polar surface area (TPSA) is 118 Å². The van der Waals surface area contributed by atoms with Gasteiger partial charge in [0.25, 0.3) is 15.9 Å². The normalized spacial score (nSPS) is 16.0. The molecular weight excluding hydrogens is 511 g/mol. The van der Waals surface area contributed by atoms with Crippen LogP contribution in [0.3, 0.4) is 0 Å². The van der Waals surface area contributed by atoms with Crippen LogP contribution in [0.15, 0.2) is 58.9 Å². The molecule has 2 N–H and O–H groups in total. The maximum absolute atomic E-state index is 12.7.